The average molecular weight is 224 g/mol. The van der Waals surface area contributed by atoms with Crippen molar-refractivity contribution in [3.63, 3.8) is 0 Å². The molecule has 1 N–H and O–H groups in total. The number of nitrogens with zero attached hydrogens (tertiary/aromatic N) is 1. The minimum absolute atomic E-state index is 0.00296. The Morgan fingerprint density at radius 3 is 3.00 bits per heavy atom. The number of hydrogen-bond donors (Lipinski definition) is 1. The van der Waals surface area contributed by atoms with Gasteiger partial charge in [0.15, 0.2) is 0 Å². The molecule has 0 radical (unpaired) electrons. The molecule has 4 heteroatoms. The molecule has 1 amide bonds. The Labute approximate surface area is 96.6 Å². The normalized spacial score (nSPS) is 30.4. The van der Waals surface area contributed by atoms with Crippen LogP contribution in [0, 0.1) is 5.92 Å². The maximum Gasteiger partial charge on any atom is 0.229 e. The van der Waals surface area contributed by atoms with Gasteiger partial charge in [-0.2, -0.15) is 0 Å². The first kappa shape index (κ1) is 11.6. The lowest BCUT2D eigenvalue weighted by atomic mass is 10.0. The molecule has 0 aromatic carbocycles. The minimum atomic E-state index is -0.00296. The molecule has 0 aliphatic carbocycles. The fraction of sp³-hybridized carbons (Fsp3) is 0.750. The number of amides is 1. The Balaban J connectivity index is 1.97. The molecule has 4 nitrogen and oxygen atoms in total. The van der Waals surface area contributed by atoms with E-state index in [1.165, 1.54) is 5.57 Å². The van der Waals surface area contributed by atoms with Gasteiger partial charge in [-0.05, 0) is 20.4 Å². The van der Waals surface area contributed by atoms with Crippen LogP contribution in [-0.2, 0) is 9.53 Å². The zero-order valence-corrected chi connectivity index (χ0v) is 10.0. The number of carbonyl (C=O) groups excluding carboxylic acids is 1. The molecule has 1 fully saturated rings. The maximum absolute atomic E-state index is 12.3. The summed E-state index contributed by atoms with van der Waals surface area (Å²) in [5.41, 5.74) is 1.39. The van der Waals surface area contributed by atoms with Crippen LogP contribution in [0.3, 0.4) is 0 Å². The van der Waals surface area contributed by atoms with Gasteiger partial charge < -0.3 is 15.0 Å². The maximum atomic E-state index is 12.3. The van der Waals surface area contributed by atoms with Crippen molar-refractivity contribution in [1.82, 2.24) is 10.2 Å². The molecule has 2 unspecified atom stereocenters. The molecular weight excluding hydrogens is 204 g/mol. The van der Waals surface area contributed by atoms with Crippen molar-refractivity contribution in [2.75, 3.05) is 33.4 Å². The van der Waals surface area contributed by atoms with Crippen molar-refractivity contribution in [3.05, 3.63) is 11.6 Å². The molecule has 90 valence electrons. The molecule has 16 heavy (non-hydrogen) atoms. The van der Waals surface area contributed by atoms with Gasteiger partial charge in [-0.1, -0.05) is 11.6 Å². The van der Waals surface area contributed by atoms with Crippen LogP contribution >= 0.6 is 0 Å². The Hall–Kier alpha value is -0.870. The number of hydrogen-bond acceptors (Lipinski definition) is 3. The smallest absolute Gasteiger partial charge is 0.229 e. The second-order valence-corrected chi connectivity index (χ2v) is 4.62. The van der Waals surface area contributed by atoms with Crippen LogP contribution in [0.1, 0.15) is 13.3 Å². The first-order chi connectivity index (χ1) is 7.72. The second kappa shape index (κ2) is 4.97. The summed E-state index contributed by atoms with van der Waals surface area (Å²) in [4.78, 5) is 14.2. The predicted octanol–water partition coefficient (Wildman–Crippen LogP) is 0.399. The summed E-state index contributed by atoms with van der Waals surface area (Å²) in [6, 6.07) is 0.180. The van der Waals surface area contributed by atoms with Crippen molar-refractivity contribution in [1.29, 1.82) is 0 Å². The van der Waals surface area contributed by atoms with Gasteiger partial charge in [0.2, 0.25) is 5.91 Å². The van der Waals surface area contributed by atoms with E-state index < -0.39 is 0 Å². The molecule has 0 aromatic heterocycles. The van der Waals surface area contributed by atoms with Gasteiger partial charge in [0, 0.05) is 19.1 Å². The van der Waals surface area contributed by atoms with Gasteiger partial charge in [-0.25, -0.2) is 0 Å². The molecule has 0 bridgehead atoms. The van der Waals surface area contributed by atoms with Gasteiger partial charge in [0.1, 0.15) is 0 Å². The van der Waals surface area contributed by atoms with Crippen LogP contribution in [0.4, 0.5) is 0 Å². The quantitative estimate of drug-likeness (QED) is 0.690. The molecule has 2 atom stereocenters. The highest BCUT2D eigenvalue weighted by Crippen LogP contribution is 2.19. The van der Waals surface area contributed by atoms with Crippen molar-refractivity contribution >= 4 is 5.91 Å². The van der Waals surface area contributed by atoms with Crippen molar-refractivity contribution in [3.8, 4) is 0 Å². The minimum Gasteiger partial charge on any atom is -0.379 e. The van der Waals surface area contributed by atoms with E-state index in [1.807, 2.05) is 11.9 Å². The van der Waals surface area contributed by atoms with E-state index in [1.54, 1.807) is 0 Å². The van der Waals surface area contributed by atoms with Gasteiger partial charge in [0.25, 0.3) is 0 Å². The summed E-state index contributed by atoms with van der Waals surface area (Å²) < 4.78 is 5.37. The number of rotatable bonds is 2. The van der Waals surface area contributed by atoms with Gasteiger partial charge >= 0.3 is 0 Å². The average Bonchev–Trinajstić information content (AvgIpc) is 2.77. The number of ether oxygens (including phenoxy) is 1. The lowest BCUT2D eigenvalue weighted by Crippen LogP contribution is -2.46. The molecule has 2 aliphatic heterocycles. The van der Waals surface area contributed by atoms with Crippen LogP contribution in [0.15, 0.2) is 11.6 Å². The zero-order valence-electron chi connectivity index (χ0n) is 10.0. The number of likely N-dealkylation sites (N-methyl/N-ethyl adjacent to an activating group) is 1. The van der Waals surface area contributed by atoms with Crippen LogP contribution in [0.2, 0.25) is 0 Å². The van der Waals surface area contributed by atoms with Crippen LogP contribution < -0.4 is 5.32 Å². The van der Waals surface area contributed by atoms with E-state index in [9.17, 15) is 4.79 Å². The highest BCUT2D eigenvalue weighted by atomic mass is 16.5. The predicted molar refractivity (Wildman–Crippen MR) is 62.1 cm³/mol. The monoisotopic (exact) mass is 224 g/mol. The van der Waals surface area contributed by atoms with E-state index in [2.05, 4.69) is 18.3 Å². The largest absolute Gasteiger partial charge is 0.379 e. The summed E-state index contributed by atoms with van der Waals surface area (Å²) in [6.07, 6.45) is 3.15. The third kappa shape index (κ3) is 2.28. The lowest BCUT2D eigenvalue weighted by molar-refractivity contribution is -0.135. The standard InChI is InChI=1S/C12H20N2O2/c1-9-3-5-14(6-4-9)12(15)10-7-16-8-11(10)13-2/h3,10-11,13H,4-8H2,1-2H3. The van der Waals surface area contributed by atoms with Crippen LogP contribution in [-0.4, -0.2) is 50.2 Å². The fourth-order valence-electron chi connectivity index (χ4n) is 2.29. The highest BCUT2D eigenvalue weighted by molar-refractivity contribution is 5.80. The SMILES string of the molecule is CNC1COCC1C(=O)N1CC=C(C)CC1. The van der Waals surface area contributed by atoms with E-state index in [4.69, 9.17) is 4.74 Å². The molecule has 0 aromatic rings. The summed E-state index contributed by atoms with van der Waals surface area (Å²) in [5.74, 6) is 0.234. The van der Waals surface area contributed by atoms with Gasteiger partial charge in [-0.3, -0.25) is 4.79 Å². The zero-order chi connectivity index (χ0) is 11.5. The van der Waals surface area contributed by atoms with Crippen LogP contribution in [0.5, 0.6) is 0 Å². The number of carbonyl (C=O) groups is 1. The Morgan fingerprint density at radius 2 is 2.38 bits per heavy atom. The fourth-order valence-corrected chi connectivity index (χ4v) is 2.29. The molecule has 0 spiro atoms. The lowest BCUT2D eigenvalue weighted by Gasteiger charge is -2.29. The van der Waals surface area contributed by atoms with Crippen LogP contribution in [0.25, 0.3) is 0 Å². The summed E-state index contributed by atoms with van der Waals surface area (Å²) >= 11 is 0. The van der Waals surface area contributed by atoms with Gasteiger partial charge in [0.05, 0.1) is 19.1 Å². The summed E-state index contributed by atoms with van der Waals surface area (Å²) in [5, 5.41) is 3.15. The Kier molecular flexibility index (Phi) is 3.61. The molecule has 1 saturated heterocycles. The topological polar surface area (TPSA) is 41.6 Å². The number of nitrogens with one attached hydrogen (secondary N) is 1. The molecule has 2 rings (SSSR count). The molecule has 2 aliphatic rings. The van der Waals surface area contributed by atoms with E-state index in [0.717, 1.165) is 19.5 Å². The van der Waals surface area contributed by atoms with Gasteiger partial charge in [-0.15, -0.1) is 0 Å². The Morgan fingerprint density at radius 1 is 1.56 bits per heavy atom. The first-order valence-electron chi connectivity index (χ1n) is 5.92. The van der Waals surface area contributed by atoms with Crippen molar-refractivity contribution in [2.24, 2.45) is 5.92 Å². The second-order valence-electron chi connectivity index (χ2n) is 4.62. The van der Waals surface area contributed by atoms with E-state index in [0.29, 0.717) is 13.2 Å². The summed E-state index contributed by atoms with van der Waals surface area (Å²) in [6.45, 7) is 4.95. The highest BCUT2D eigenvalue weighted by Gasteiger charge is 2.35. The third-order valence-corrected chi connectivity index (χ3v) is 3.52. The molecule has 0 saturated carbocycles. The van der Waals surface area contributed by atoms with Crippen molar-refractivity contribution < 1.29 is 9.53 Å². The summed E-state index contributed by atoms with van der Waals surface area (Å²) in [7, 11) is 1.89. The Bertz CT molecular complexity index is 301. The van der Waals surface area contributed by atoms with E-state index in [-0.39, 0.29) is 17.9 Å². The van der Waals surface area contributed by atoms with Crippen molar-refractivity contribution in [2.45, 2.75) is 19.4 Å². The molecular formula is C12H20N2O2. The first-order valence-corrected chi connectivity index (χ1v) is 5.92. The van der Waals surface area contributed by atoms with E-state index >= 15 is 0 Å². The molecule has 2 heterocycles. The third-order valence-electron chi connectivity index (χ3n) is 3.52.